The summed E-state index contributed by atoms with van der Waals surface area (Å²) < 4.78 is 16.8. The van der Waals surface area contributed by atoms with Crippen molar-refractivity contribution in [2.24, 2.45) is 9.98 Å². The minimum atomic E-state index is -0.578. The molecular formula is C33H46Cl2N4O8Pd2. The molecule has 0 aliphatic carbocycles. The number of carbonyl (C=O) groups excluding carboxylic acids is 4. The second kappa shape index (κ2) is 37.7. The Morgan fingerprint density at radius 3 is 1.02 bits per heavy atom. The second-order valence-electron chi connectivity index (χ2n) is 8.91. The van der Waals surface area contributed by atoms with Gasteiger partial charge in [-0.3, -0.25) is 20.0 Å². The summed E-state index contributed by atoms with van der Waals surface area (Å²) in [5.41, 5.74) is 3.94. The van der Waals surface area contributed by atoms with Gasteiger partial charge in [0, 0.05) is 89.6 Å². The van der Waals surface area contributed by atoms with E-state index < -0.39 is 23.9 Å². The molecule has 0 atom stereocenters. The molecule has 0 N–H and O–H groups in total. The summed E-state index contributed by atoms with van der Waals surface area (Å²) in [5, 5.41) is 0.194. The summed E-state index contributed by atoms with van der Waals surface area (Å²) in [6.07, 6.45) is 7.54. The maximum atomic E-state index is 10.3. The fourth-order valence-corrected chi connectivity index (χ4v) is 2.60. The molecular weight excluding hydrogens is 864 g/mol. The quantitative estimate of drug-likeness (QED) is 0.0794. The minimum absolute atomic E-state index is 0. The van der Waals surface area contributed by atoms with Crippen LogP contribution in [0.3, 0.4) is 0 Å². The van der Waals surface area contributed by atoms with Crippen molar-refractivity contribution >= 4 is 58.5 Å². The molecule has 49 heavy (non-hydrogen) atoms. The smallest absolute Gasteiger partial charge is 0.330 e. The van der Waals surface area contributed by atoms with Crippen molar-refractivity contribution in [3.8, 4) is 0 Å². The number of hydrogen-bond donors (Lipinski definition) is 0. The Balaban J connectivity index is -0.000000169. The predicted molar refractivity (Wildman–Crippen MR) is 186 cm³/mol. The van der Waals surface area contributed by atoms with Crippen LogP contribution in [-0.2, 0) is 79.0 Å². The van der Waals surface area contributed by atoms with E-state index in [1.54, 1.807) is 12.4 Å². The molecule has 0 saturated heterocycles. The van der Waals surface area contributed by atoms with Crippen molar-refractivity contribution < 1.29 is 79.0 Å². The van der Waals surface area contributed by atoms with Crippen molar-refractivity contribution in [2.75, 3.05) is 33.8 Å². The summed E-state index contributed by atoms with van der Waals surface area (Å²) in [6, 6.07) is 12.4. The van der Waals surface area contributed by atoms with Crippen LogP contribution >= 0.6 is 23.2 Å². The molecule has 0 radical (unpaired) electrons. The van der Waals surface area contributed by atoms with Crippen molar-refractivity contribution in [3.05, 3.63) is 84.5 Å². The number of pyridine rings is 2. The Morgan fingerprint density at radius 1 is 0.612 bits per heavy atom. The van der Waals surface area contributed by atoms with Gasteiger partial charge < -0.3 is 18.9 Å². The topological polar surface area (TPSA) is 156 Å². The summed E-state index contributed by atoms with van der Waals surface area (Å²) in [5.74, 6) is -2.31. The van der Waals surface area contributed by atoms with Gasteiger partial charge in [-0.25, -0.2) is 19.2 Å². The number of rotatable bonds is 8. The number of hydrogen-bond acceptors (Lipinski definition) is 12. The van der Waals surface area contributed by atoms with Gasteiger partial charge in [0.15, 0.2) is 0 Å². The van der Waals surface area contributed by atoms with Crippen LogP contribution in [0.15, 0.2) is 83.1 Å². The molecule has 0 bridgehead atoms. The zero-order chi connectivity index (χ0) is 36.6. The van der Waals surface area contributed by atoms with E-state index in [1.165, 1.54) is 28.4 Å². The first kappa shape index (κ1) is 55.3. The SMILES string of the molecule is CC(=NC(C)C)c1ccccn1.CC(=NC(C)C)c1ccccn1.COC(=O)/C=C/C(=O)OC.COC(=O)/C=C/C(=O)OC.ClCCl.[Pd].[Pd]. The van der Waals surface area contributed by atoms with Gasteiger partial charge in [0.1, 0.15) is 0 Å². The number of aromatic nitrogens is 2. The number of halogens is 2. The van der Waals surface area contributed by atoms with Crippen LogP contribution in [0.5, 0.6) is 0 Å². The van der Waals surface area contributed by atoms with Crippen LogP contribution in [0.2, 0.25) is 0 Å². The summed E-state index contributed by atoms with van der Waals surface area (Å²) in [4.78, 5) is 58.5. The van der Waals surface area contributed by atoms with Gasteiger partial charge in [-0.1, -0.05) is 12.1 Å². The summed E-state index contributed by atoms with van der Waals surface area (Å²) >= 11 is 9.53. The van der Waals surface area contributed by atoms with Gasteiger partial charge in [-0.2, -0.15) is 0 Å². The normalized spacial score (nSPS) is 10.2. The zero-order valence-electron chi connectivity index (χ0n) is 29.2. The Bertz CT molecular complexity index is 1150. The van der Waals surface area contributed by atoms with E-state index in [1.807, 2.05) is 50.2 Å². The van der Waals surface area contributed by atoms with Crippen molar-refractivity contribution in [2.45, 2.75) is 53.6 Å². The number of esters is 4. The van der Waals surface area contributed by atoms with Crippen LogP contribution in [-0.4, -0.2) is 91.1 Å². The van der Waals surface area contributed by atoms with Crippen molar-refractivity contribution in [1.82, 2.24) is 9.97 Å². The van der Waals surface area contributed by atoms with Crippen molar-refractivity contribution in [1.29, 1.82) is 0 Å². The fourth-order valence-electron chi connectivity index (χ4n) is 2.60. The third-order valence-corrected chi connectivity index (χ3v) is 4.49. The van der Waals surface area contributed by atoms with Crippen LogP contribution < -0.4 is 0 Å². The monoisotopic (exact) mass is 908 g/mol. The Kier molecular flexibility index (Phi) is 42.6. The molecule has 16 heteroatoms. The standard InChI is InChI=1S/2C10H14N2.2C6H8O4.CH2Cl2.2Pd/c2*1-8(2)12-9(3)10-6-4-5-7-11-10;2*1-9-5(7)3-4-6(8)10-2;2-1-3;;/h2*4-8H,1-3H3;2*3-4H,1-2H3;1H2;;/b;;2*4-3+;;;. The van der Waals surface area contributed by atoms with Gasteiger partial charge in [-0.15, -0.1) is 23.2 Å². The van der Waals surface area contributed by atoms with Gasteiger partial charge in [0.2, 0.25) is 0 Å². The minimum Gasteiger partial charge on any atom is -0.466 e. The maximum Gasteiger partial charge on any atom is 0.330 e. The predicted octanol–water partition coefficient (Wildman–Crippen LogP) is 5.79. The van der Waals surface area contributed by atoms with E-state index in [2.05, 4.69) is 66.6 Å². The van der Waals surface area contributed by atoms with E-state index in [-0.39, 0.29) is 46.2 Å². The Morgan fingerprint density at radius 2 is 0.857 bits per heavy atom. The summed E-state index contributed by atoms with van der Waals surface area (Å²) in [6.45, 7) is 12.2. The van der Waals surface area contributed by atoms with E-state index in [0.29, 0.717) is 12.1 Å². The van der Waals surface area contributed by atoms with Gasteiger partial charge in [0.25, 0.3) is 0 Å². The molecule has 0 aliphatic heterocycles. The number of aliphatic imine (C=N–C) groups is 2. The largest absolute Gasteiger partial charge is 0.466 e. The van der Waals surface area contributed by atoms with E-state index >= 15 is 0 Å². The average molecular weight is 910 g/mol. The van der Waals surface area contributed by atoms with Gasteiger partial charge in [-0.05, 0) is 65.8 Å². The third kappa shape index (κ3) is 37.6. The molecule has 2 aromatic rings. The van der Waals surface area contributed by atoms with E-state index in [4.69, 9.17) is 23.2 Å². The van der Waals surface area contributed by atoms with Crippen LogP contribution in [0, 0.1) is 0 Å². The van der Waals surface area contributed by atoms with E-state index in [9.17, 15) is 19.2 Å². The molecule has 2 rings (SSSR count). The van der Waals surface area contributed by atoms with Crippen LogP contribution in [0.4, 0.5) is 0 Å². The number of nitrogens with zero attached hydrogens (tertiary/aromatic N) is 4. The van der Waals surface area contributed by atoms with Crippen molar-refractivity contribution in [3.63, 3.8) is 0 Å². The molecule has 12 nitrogen and oxygen atoms in total. The first-order chi connectivity index (χ1) is 22.2. The fraction of sp³-hybridized carbons (Fsp3) is 0.394. The first-order valence-corrected chi connectivity index (χ1v) is 15.0. The first-order valence-electron chi connectivity index (χ1n) is 13.9. The molecule has 2 heterocycles. The molecule has 0 unspecified atom stereocenters. The molecule has 0 spiro atoms. The van der Waals surface area contributed by atoms with Crippen LogP contribution in [0.25, 0.3) is 0 Å². The molecule has 0 fully saturated rings. The van der Waals surface area contributed by atoms with Gasteiger partial charge >= 0.3 is 23.9 Å². The zero-order valence-corrected chi connectivity index (χ0v) is 33.9. The van der Waals surface area contributed by atoms with E-state index in [0.717, 1.165) is 47.1 Å². The maximum absolute atomic E-state index is 10.3. The number of carbonyl (C=O) groups is 4. The molecule has 280 valence electrons. The second-order valence-corrected chi connectivity index (χ2v) is 9.71. The molecule has 0 saturated carbocycles. The average Bonchev–Trinajstić information content (AvgIpc) is 3.07. The Hall–Kier alpha value is -3.10. The molecule has 0 aliphatic rings. The Labute approximate surface area is 327 Å². The van der Waals surface area contributed by atoms with Crippen LogP contribution in [0.1, 0.15) is 52.9 Å². The molecule has 2 aromatic heterocycles. The number of methoxy groups -OCH3 is 4. The number of ether oxygens (including phenoxy) is 4. The van der Waals surface area contributed by atoms with Gasteiger partial charge in [0.05, 0.1) is 56.6 Å². The molecule has 0 aromatic carbocycles. The number of alkyl halides is 2. The molecule has 0 amide bonds. The third-order valence-electron chi connectivity index (χ3n) is 4.49. The summed E-state index contributed by atoms with van der Waals surface area (Å²) in [7, 11) is 4.90.